The number of anilines is 1. The third kappa shape index (κ3) is 2.77. The molecule has 88 valence electrons. The van der Waals surface area contributed by atoms with Crippen LogP contribution in [0.3, 0.4) is 0 Å². The molecule has 0 amide bonds. The highest BCUT2D eigenvalue weighted by molar-refractivity contribution is 7.99. The minimum Gasteiger partial charge on any atom is -0.398 e. The van der Waals surface area contributed by atoms with E-state index >= 15 is 0 Å². The average molecular weight is 245 g/mol. The first-order valence-electron chi connectivity index (χ1n) is 5.41. The Labute approximate surface area is 105 Å². The smallest absolute Gasteiger partial charge is 0.192 e. The van der Waals surface area contributed by atoms with Gasteiger partial charge in [-0.25, -0.2) is 9.97 Å². The van der Waals surface area contributed by atoms with Crippen molar-refractivity contribution >= 4 is 17.4 Å². The van der Waals surface area contributed by atoms with Gasteiger partial charge >= 0.3 is 0 Å². The molecule has 0 radical (unpaired) electrons. The molecule has 4 heteroatoms. The Bertz CT molecular complexity index is 512. The van der Waals surface area contributed by atoms with Crippen molar-refractivity contribution in [2.75, 3.05) is 5.73 Å². The summed E-state index contributed by atoms with van der Waals surface area (Å²) in [6.45, 7) is 5.99. The van der Waals surface area contributed by atoms with Gasteiger partial charge in [-0.3, -0.25) is 0 Å². The van der Waals surface area contributed by atoms with Crippen LogP contribution in [0, 0.1) is 20.8 Å². The lowest BCUT2D eigenvalue weighted by atomic mass is 10.2. The van der Waals surface area contributed by atoms with Crippen molar-refractivity contribution in [3.63, 3.8) is 0 Å². The van der Waals surface area contributed by atoms with E-state index in [4.69, 9.17) is 5.73 Å². The summed E-state index contributed by atoms with van der Waals surface area (Å²) in [4.78, 5) is 9.85. The van der Waals surface area contributed by atoms with Gasteiger partial charge in [-0.1, -0.05) is 12.1 Å². The quantitative estimate of drug-likeness (QED) is 0.652. The average Bonchev–Trinajstić information content (AvgIpc) is 2.22. The molecule has 2 aromatic rings. The summed E-state index contributed by atoms with van der Waals surface area (Å²) < 4.78 is 0. The first-order valence-corrected chi connectivity index (χ1v) is 6.23. The Kier molecular flexibility index (Phi) is 3.33. The van der Waals surface area contributed by atoms with Crippen LogP contribution in [0.4, 0.5) is 5.69 Å². The summed E-state index contributed by atoms with van der Waals surface area (Å²) in [5.74, 6) is 0. The molecule has 2 rings (SSSR count). The molecular formula is C13H15N3S. The zero-order chi connectivity index (χ0) is 12.4. The fourth-order valence-electron chi connectivity index (χ4n) is 1.65. The molecule has 1 heterocycles. The third-order valence-electron chi connectivity index (χ3n) is 2.40. The van der Waals surface area contributed by atoms with Crippen molar-refractivity contribution in [3.05, 3.63) is 41.2 Å². The molecule has 3 nitrogen and oxygen atoms in total. The lowest BCUT2D eigenvalue weighted by Crippen LogP contribution is -1.95. The van der Waals surface area contributed by atoms with E-state index in [1.165, 1.54) is 11.8 Å². The van der Waals surface area contributed by atoms with Crippen LogP contribution in [0.5, 0.6) is 0 Å². The Morgan fingerprint density at radius 2 is 1.71 bits per heavy atom. The molecule has 0 atom stereocenters. The van der Waals surface area contributed by atoms with Gasteiger partial charge in [0.1, 0.15) is 0 Å². The number of aryl methyl sites for hydroxylation is 3. The summed E-state index contributed by atoms with van der Waals surface area (Å²) in [6.07, 6.45) is 0. The van der Waals surface area contributed by atoms with Gasteiger partial charge in [0.2, 0.25) is 0 Å². The van der Waals surface area contributed by atoms with Crippen molar-refractivity contribution < 1.29 is 0 Å². The van der Waals surface area contributed by atoms with Crippen molar-refractivity contribution in [3.8, 4) is 0 Å². The Balaban J connectivity index is 2.38. The van der Waals surface area contributed by atoms with Crippen molar-refractivity contribution in [2.24, 2.45) is 0 Å². The molecule has 0 fully saturated rings. The Morgan fingerprint density at radius 3 is 2.29 bits per heavy atom. The molecule has 0 unspecified atom stereocenters. The zero-order valence-electron chi connectivity index (χ0n) is 10.2. The van der Waals surface area contributed by atoms with Gasteiger partial charge in [-0.05, 0) is 50.2 Å². The maximum atomic E-state index is 5.97. The highest BCUT2D eigenvalue weighted by Crippen LogP contribution is 2.32. The van der Waals surface area contributed by atoms with E-state index in [1.807, 2.05) is 45.0 Å². The molecule has 0 aliphatic heterocycles. The second kappa shape index (κ2) is 4.75. The van der Waals surface area contributed by atoms with E-state index in [9.17, 15) is 0 Å². The number of nitrogens with two attached hydrogens (primary N) is 1. The van der Waals surface area contributed by atoms with Gasteiger partial charge in [0, 0.05) is 22.0 Å². The number of aromatic nitrogens is 2. The topological polar surface area (TPSA) is 51.8 Å². The Hall–Kier alpha value is -1.55. The standard InChI is InChI=1S/C13H15N3S/c1-8-5-4-6-11(14)12(8)17-13-15-9(2)7-10(3)16-13/h4-7H,14H2,1-3H3. The number of nitrogens with zero attached hydrogens (tertiary/aromatic N) is 2. The molecule has 1 aromatic heterocycles. The highest BCUT2D eigenvalue weighted by atomic mass is 32.2. The van der Waals surface area contributed by atoms with Crippen molar-refractivity contribution in [2.45, 2.75) is 30.8 Å². The minimum atomic E-state index is 0.753. The van der Waals surface area contributed by atoms with Crippen LogP contribution in [-0.2, 0) is 0 Å². The fraction of sp³-hybridized carbons (Fsp3) is 0.231. The molecule has 17 heavy (non-hydrogen) atoms. The summed E-state index contributed by atoms with van der Waals surface area (Å²) >= 11 is 1.52. The number of hydrogen-bond acceptors (Lipinski definition) is 4. The fourth-order valence-corrected chi connectivity index (χ4v) is 2.62. The summed E-state index contributed by atoms with van der Waals surface area (Å²) in [6, 6.07) is 7.86. The second-order valence-corrected chi connectivity index (χ2v) is 5.01. The molecule has 0 spiro atoms. The minimum absolute atomic E-state index is 0.753. The van der Waals surface area contributed by atoms with Crippen molar-refractivity contribution in [1.82, 2.24) is 9.97 Å². The number of hydrogen-bond donors (Lipinski definition) is 1. The molecule has 0 aliphatic rings. The predicted octanol–water partition coefficient (Wildman–Crippen LogP) is 3.14. The van der Waals surface area contributed by atoms with E-state index in [0.29, 0.717) is 0 Å². The molecule has 0 bridgehead atoms. The SMILES string of the molecule is Cc1cc(C)nc(Sc2c(C)cccc2N)n1. The first kappa shape index (κ1) is 11.9. The summed E-state index contributed by atoms with van der Waals surface area (Å²) in [5.41, 5.74) is 9.85. The summed E-state index contributed by atoms with van der Waals surface area (Å²) in [7, 11) is 0. The van der Waals surface area contributed by atoms with Gasteiger partial charge in [0.05, 0.1) is 0 Å². The van der Waals surface area contributed by atoms with E-state index in [2.05, 4.69) is 9.97 Å². The van der Waals surface area contributed by atoms with Crippen LogP contribution in [0.1, 0.15) is 17.0 Å². The van der Waals surface area contributed by atoms with E-state index < -0.39 is 0 Å². The van der Waals surface area contributed by atoms with E-state index in [0.717, 1.165) is 32.7 Å². The van der Waals surface area contributed by atoms with Crippen LogP contribution in [0.15, 0.2) is 34.3 Å². The largest absolute Gasteiger partial charge is 0.398 e. The molecule has 0 saturated heterocycles. The van der Waals surface area contributed by atoms with Gasteiger partial charge in [-0.2, -0.15) is 0 Å². The predicted molar refractivity (Wildman–Crippen MR) is 71.2 cm³/mol. The van der Waals surface area contributed by atoms with Gasteiger partial charge in [0.25, 0.3) is 0 Å². The van der Waals surface area contributed by atoms with Crippen LogP contribution in [0.25, 0.3) is 0 Å². The zero-order valence-corrected chi connectivity index (χ0v) is 11.0. The van der Waals surface area contributed by atoms with Gasteiger partial charge in [-0.15, -0.1) is 0 Å². The van der Waals surface area contributed by atoms with Crippen LogP contribution in [0.2, 0.25) is 0 Å². The molecular weight excluding hydrogens is 230 g/mol. The molecule has 2 N–H and O–H groups in total. The third-order valence-corrected chi connectivity index (χ3v) is 3.52. The number of nitrogen functional groups attached to an aromatic ring is 1. The maximum Gasteiger partial charge on any atom is 0.192 e. The lowest BCUT2D eigenvalue weighted by Gasteiger charge is -2.08. The highest BCUT2D eigenvalue weighted by Gasteiger charge is 2.08. The lowest BCUT2D eigenvalue weighted by molar-refractivity contribution is 0.902. The van der Waals surface area contributed by atoms with E-state index in [1.54, 1.807) is 0 Å². The molecule has 0 aliphatic carbocycles. The number of benzene rings is 1. The summed E-state index contributed by atoms with van der Waals surface area (Å²) in [5, 5.41) is 0.753. The monoisotopic (exact) mass is 245 g/mol. The van der Waals surface area contributed by atoms with Crippen LogP contribution < -0.4 is 5.73 Å². The van der Waals surface area contributed by atoms with E-state index in [-0.39, 0.29) is 0 Å². The molecule has 1 aromatic carbocycles. The molecule has 0 saturated carbocycles. The van der Waals surface area contributed by atoms with Crippen LogP contribution in [-0.4, -0.2) is 9.97 Å². The number of rotatable bonds is 2. The van der Waals surface area contributed by atoms with Crippen molar-refractivity contribution in [1.29, 1.82) is 0 Å². The maximum absolute atomic E-state index is 5.97. The Morgan fingerprint density at radius 1 is 1.06 bits per heavy atom. The first-order chi connectivity index (χ1) is 8.06. The van der Waals surface area contributed by atoms with Crippen LogP contribution >= 0.6 is 11.8 Å². The van der Waals surface area contributed by atoms with Gasteiger partial charge < -0.3 is 5.73 Å². The normalized spacial score (nSPS) is 10.5. The second-order valence-electron chi connectivity index (χ2n) is 4.03. The van der Waals surface area contributed by atoms with Gasteiger partial charge in [0.15, 0.2) is 5.16 Å².